The van der Waals surface area contributed by atoms with Crippen molar-refractivity contribution >= 4 is 5.91 Å². The molecule has 5 atom stereocenters. The molecule has 0 unspecified atom stereocenters. The number of nitrogens with one attached hydrogen (secondary N) is 1. The molecule has 22 heavy (non-hydrogen) atoms. The fraction of sp³-hybridized carbons (Fsp3) is 0.533. The molecule has 3 N–H and O–H groups in total. The number of rotatable bonds is 5. The maximum Gasteiger partial charge on any atom is 0.251 e. The minimum absolute atomic E-state index is 0.326. The Bertz CT molecular complexity index is 482. The van der Waals surface area contributed by atoms with E-state index in [0.29, 0.717) is 5.56 Å². The van der Waals surface area contributed by atoms with E-state index in [2.05, 4.69) is 5.32 Å². The quantitative estimate of drug-likeness (QED) is 0.680. The molecule has 0 aromatic heterocycles. The predicted octanol–water partition coefficient (Wildman–Crippen LogP) is -0.475. The summed E-state index contributed by atoms with van der Waals surface area (Å²) in [4.78, 5) is 12.3. The molecule has 2 rings (SSSR count). The van der Waals surface area contributed by atoms with Gasteiger partial charge in [0, 0.05) is 19.8 Å². The van der Waals surface area contributed by atoms with Crippen molar-refractivity contribution in [3.63, 3.8) is 0 Å². The van der Waals surface area contributed by atoms with Crippen LogP contribution in [0.15, 0.2) is 30.3 Å². The summed E-state index contributed by atoms with van der Waals surface area (Å²) in [5, 5.41) is 22.2. The fourth-order valence-corrected chi connectivity index (χ4v) is 2.53. The van der Waals surface area contributed by atoms with Crippen LogP contribution in [0.3, 0.4) is 0 Å². The van der Waals surface area contributed by atoms with E-state index in [1.54, 1.807) is 24.3 Å². The second-order valence-corrected chi connectivity index (χ2v) is 5.02. The van der Waals surface area contributed by atoms with Gasteiger partial charge in [-0.05, 0) is 12.1 Å². The molecule has 0 aliphatic carbocycles. The summed E-state index contributed by atoms with van der Waals surface area (Å²) in [6, 6.07) is 7.97. The SMILES string of the molecule is CO[C@@H]1O[C@H](CO)[C@@H](O)[C@H](OC)[C@H]1NC(=O)c1ccccc1. The van der Waals surface area contributed by atoms with E-state index in [1.165, 1.54) is 14.2 Å². The van der Waals surface area contributed by atoms with Crippen molar-refractivity contribution in [3.8, 4) is 0 Å². The highest BCUT2D eigenvalue weighted by molar-refractivity contribution is 5.94. The monoisotopic (exact) mass is 311 g/mol. The van der Waals surface area contributed by atoms with Gasteiger partial charge in [0.15, 0.2) is 6.29 Å². The van der Waals surface area contributed by atoms with Crippen molar-refractivity contribution in [1.82, 2.24) is 5.32 Å². The van der Waals surface area contributed by atoms with E-state index in [4.69, 9.17) is 14.2 Å². The Morgan fingerprint density at radius 2 is 1.95 bits per heavy atom. The number of hydrogen-bond acceptors (Lipinski definition) is 6. The van der Waals surface area contributed by atoms with Gasteiger partial charge in [-0.25, -0.2) is 0 Å². The van der Waals surface area contributed by atoms with Gasteiger partial charge in [-0.15, -0.1) is 0 Å². The molecule has 1 amide bonds. The molecule has 1 aliphatic heterocycles. The standard InChI is InChI=1S/C15H21NO6/c1-20-13-11(15(21-2)22-10(8-17)12(13)18)16-14(19)9-6-4-3-5-7-9/h3-7,10-13,15,17-18H,8H2,1-2H3,(H,16,19)/t10-,11-,12-,13-,15-/m1/s1. The first kappa shape index (κ1) is 16.9. The van der Waals surface area contributed by atoms with Gasteiger partial charge in [-0.3, -0.25) is 4.79 Å². The van der Waals surface area contributed by atoms with Crippen LogP contribution in [0.1, 0.15) is 10.4 Å². The van der Waals surface area contributed by atoms with E-state index >= 15 is 0 Å². The summed E-state index contributed by atoms with van der Waals surface area (Å²) >= 11 is 0. The molecule has 0 saturated carbocycles. The molecule has 1 aromatic rings. The second kappa shape index (κ2) is 7.66. The van der Waals surface area contributed by atoms with Crippen LogP contribution in [0.4, 0.5) is 0 Å². The summed E-state index contributed by atoms with van der Waals surface area (Å²) in [5.74, 6) is -0.326. The number of aliphatic hydroxyl groups is 2. The van der Waals surface area contributed by atoms with Crippen molar-refractivity contribution in [1.29, 1.82) is 0 Å². The van der Waals surface area contributed by atoms with E-state index in [1.807, 2.05) is 6.07 Å². The van der Waals surface area contributed by atoms with Crippen molar-refractivity contribution in [2.24, 2.45) is 0 Å². The first-order chi connectivity index (χ1) is 10.6. The summed E-state index contributed by atoms with van der Waals surface area (Å²) in [7, 11) is 2.84. The maximum atomic E-state index is 12.3. The number of carbonyl (C=O) groups excluding carboxylic acids is 1. The number of methoxy groups -OCH3 is 2. The zero-order valence-corrected chi connectivity index (χ0v) is 12.5. The number of benzene rings is 1. The predicted molar refractivity (Wildman–Crippen MR) is 77.3 cm³/mol. The molecular formula is C15H21NO6. The lowest BCUT2D eigenvalue weighted by Gasteiger charge is -2.43. The molecule has 0 radical (unpaired) electrons. The van der Waals surface area contributed by atoms with Crippen LogP contribution in [0.25, 0.3) is 0 Å². The summed E-state index contributed by atoms with van der Waals surface area (Å²) < 4.78 is 16.0. The van der Waals surface area contributed by atoms with E-state index in [-0.39, 0.29) is 12.5 Å². The first-order valence-electron chi connectivity index (χ1n) is 6.98. The van der Waals surface area contributed by atoms with Crippen LogP contribution in [-0.2, 0) is 14.2 Å². The highest BCUT2D eigenvalue weighted by Gasteiger charge is 2.46. The molecule has 1 heterocycles. The topological polar surface area (TPSA) is 97.2 Å². The van der Waals surface area contributed by atoms with Crippen LogP contribution in [0.2, 0.25) is 0 Å². The average Bonchev–Trinajstić information content (AvgIpc) is 2.56. The highest BCUT2D eigenvalue weighted by Crippen LogP contribution is 2.24. The Hall–Kier alpha value is -1.51. The molecule has 7 nitrogen and oxygen atoms in total. The molecule has 1 aromatic carbocycles. The van der Waals surface area contributed by atoms with Crippen LogP contribution in [0.5, 0.6) is 0 Å². The number of hydrogen-bond donors (Lipinski definition) is 3. The largest absolute Gasteiger partial charge is 0.394 e. The van der Waals surface area contributed by atoms with Crippen molar-refractivity contribution in [2.75, 3.05) is 20.8 Å². The van der Waals surface area contributed by atoms with E-state index < -0.39 is 30.6 Å². The zero-order valence-electron chi connectivity index (χ0n) is 12.5. The Balaban J connectivity index is 2.17. The van der Waals surface area contributed by atoms with Gasteiger partial charge in [0.1, 0.15) is 24.4 Å². The minimum atomic E-state index is -1.08. The summed E-state index contributed by atoms with van der Waals surface area (Å²) in [6.07, 6.45) is -3.51. The molecule has 7 heteroatoms. The van der Waals surface area contributed by atoms with Crippen LogP contribution in [0, 0.1) is 0 Å². The maximum absolute atomic E-state index is 12.3. The zero-order chi connectivity index (χ0) is 16.1. The second-order valence-electron chi connectivity index (χ2n) is 5.02. The molecule has 1 aliphatic rings. The van der Waals surface area contributed by atoms with Crippen molar-refractivity contribution < 1.29 is 29.2 Å². The lowest BCUT2D eigenvalue weighted by atomic mass is 9.96. The normalized spacial score (nSPS) is 31.7. The van der Waals surface area contributed by atoms with Gasteiger partial charge < -0.3 is 29.7 Å². The first-order valence-corrected chi connectivity index (χ1v) is 6.98. The van der Waals surface area contributed by atoms with Crippen LogP contribution in [-0.4, -0.2) is 67.6 Å². The Kier molecular flexibility index (Phi) is 5.87. The van der Waals surface area contributed by atoms with Gasteiger partial charge in [0.2, 0.25) is 0 Å². The molecule has 1 fully saturated rings. The number of aliphatic hydroxyl groups excluding tert-OH is 2. The van der Waals surface area contributed by atoms with Gasteiger partial charge in [-0.2, -0.15) is 0 Å². The van der Waals surface area contributed by atoms with Gasteiger partial charge in [-0.1, -0.05) is 18.2 Å². The third-order valence-electron chi connectivity index (χ3n) is 3.69. The lowest BCUT2D eigenvalue weighted by Crippen LogP contribution is -2.65. The smallest absolute Gasteiger partial charge is 0.251 e. The third kappa shape index (κ3) is 3.45. The minimum Gasteiger partial charge on any atom is -0.394 e. The number of carbonyl (C=O) groups is 1. The lowest BCUT2D eigenvalue weighted by molar-refractivity contribution is -0.265. The molecule has 122 valence electrons. The van der Waals surface area contributed by atoms with Crippen LogP contribution >= 0.6 is 0 Å². The van der Waals surface area contributed by atoms with E-state index in [9.17, 15) is 15.0 Å². The summed E-state index contributed by atoms with van der Waals surface area (Å²) in [5.41, 5.74) is 0.478. The Morgan fingerprint density at radius 1 is 1.27 bits per heavy atom. The van der Waals surface area contributed by atoms with E-state index in [0.717, 1.165) is 0 Å². The van der Waals surface area contributed by atoms with Crippen LogP contribution < -0.4 is 5.32 Å². The number of ether oxygens (including phenoxy) is 3. The number of amides is 1. The third-order valence-corrected chi connectivity index (χ3v) is 3.69. The molecule has 1 saturated heterocycles. The Labute approximate surface area is 128 Å². The highest BCUT2D eigenvalue weighted by atomic mass is 16.7. The fourth-order valence-electron chi connectivity index (χ4n) is 2.53. The van der Waals surface area contributed by atoms with Gasteiger partial charge >= 0.3 is 0 Å². The molecular weight excluding hydrogens is 290 g/mol. The molecule has 0 bridgehead atoms. The van der Waals surface area contributed by atoms with Gasteiger partial charge in [0.25, 0.3) is 5.91 Å². The molecule has 0 spiro atoms. The van der Waals surface area contributed by atoms with Gasteiger partial charge in [0.05, 0.1) is 6.61 Å². The average molecular weight is 311 g/mol. The Morgan fingerprint density at radius 3 is 2.50 bits per heavy atom. The summed E-state index contributed by atoms with van der Waals surface area (Å²) in [6.45, 7) is -0.375. The van der Waals surface area contributed by atoms with Crippen molar-refractivity contribution in [3.05, 3.63) is 35.9 Å². The van der Waals surface area contributed by atoms with Crippen molar-refractivity contribution in [2.45, 2.75) is 30.6 Å².